The van der Waals surface area contributed by atoms with Gasteiger partial charge in [-0.05, 0) is 45.0 Å². The molecule has 2 heterocycles. The van der Waals surface area contributed by atoms with Gasteiger partial charge in [0.25, 0.3) is 0 Å². The Morgan fingerprint density at radius 3 is 2.70 bits per heavy atom. The molecule has 0 aromatic carbocycles. The Morgan fingerprint density at radius 1 is 1.30 bits per heavy atom. The lowest BCUT2D eigenvalue weighted by molar-refractivity contribution is 0.315. The molecule has 0 saturated heterocycles. The molecule has 2 aromatic heterocycles. The van der Waals surface area contributed by atoms with Crippen LogP contribution in [0.5, 0.6) is 5.75 Å². The van der Waals surface area contributed by atoms with Crippen LogP contribution in [0.2, 0.25) is 0 Å². The van der Waals surface area contributed by atoms with Crippen molar-refractivity contribution in [2.45, 2.75) is 33.2 Å². The molecular weight excluding hydrogens is 252 g/mol. The summed E-state index contributed by atoms with van der Waals surface area (Å²) in [5.41, 5.74) is 2.21. The predicted molar refractivity (Wildman–Crippen MR) is 79.1 cm³/mol. The van der Waals surface area contributed by atoms with Crippen LogP contribution in [-0.2, 0) is 0 Å². The number of aromatic nitrogens is 1. The Kier molecular flexibility index (Phi) is 4.79. The van der Waals surface area contributed by atoms with Gasteiger partial charge in [0.15, 0.2) is 0 Å². The molecule has 0 aliphatic heterocycles. The Balaban J connectivity index is 2.29. The summed E-state index contributed by atoms with van der Waals surface area (Å²) in [5, 5.41) is 3.32. The minimum Gasteiger partial charge on any atom is -0.492 e. The van der Waals surface area contributed by atoms with Crippen molar-refractivity contribution in [1.29, 1.82) is 0 Å². The zero-order chi connectivity index (χ0) is 14.5. The summed E-state index contributed by atoms with van der Waals surface area (Å²) in [4.78, 5) is 4.27. The number of aryl methyl sites for hydroxylation is 2. The molecule has 2 aromatic rings. The molecule has 1 N–H and O–H groups in total. The van der Waals surface area contributed by atoms with E-state index >= 15 is 0 Å². The van der Waals surface area contributed by atoms with Crippen molar-refractivity contribution in [3.63, 3.8) is 0 Å². The fourth-order valence-corrected chi connectivity index (χ4v) is 2.33. The minimum atomic E-state index is 0.0603. The minimum absolute atomic E-state index is 0.0603. The second-order valence-corrected chi connectivity index (χ2v) is 4.89. The van der Waals surface area contributed by atoms with E-state index in [0.29, 0.717) is 6.61 Å². The van der Waals surface area contributed by atoms with Crippen molar-refractivity contribution in [2.75, 3.05) is 13.7 Å². The third-order valence-electron chi connectivity index (χ3n) is 3.22. The quantitative estimate of drug-likeness (QED) is 0.877. The largest absolute Gasteiger partial charge is 0.492 e. The van der Waals surface area contributed by atoms with E-state index < -0.39 is 0 Å². The fourth-order valence-electron chi connectivity index (χ4n) is 2.33. The molecule has 0 spiro atoms. The lowest BCUT2D eigenvalue weighted by Gasteiger charge is -2.16. The number of hydrogen-bond donors (Lipinski definition) is 1. The normalized spacial score (nSPS) is 12.4. The first kappa shape index (κ1) is 14.6. The number of hydrogen-bond acceptors (Lipinski definition) is 4. The third kappa shape index (κ3) is 3.20. The molecule has 0 radical (unpaired) electrons. The fraction of sp³-hybridized carbons (Fsp3) is 0.438. The van der Waals surface area contributed by atoms with Gasteiger partial charge in [0.05, 0.1) is 18.8 Å². The number of ether oxygens (including phenoxy) is 1. The van der Waals surface area contributed by atoms with Crippen LogP contribution in [0.15, 0.2) is 28.9 Å². The Bertz CT molecular complexity index is 563. The van der Waals surface area contributed by atoms with Gasteiger partial charge in [0.1, 0.15) is 17.3 Å². The molecule has 0 amide bonds. The molecular formula is C16H22N2O2. The van der Waals surface area contributed by atoms with Crippen molar-refractivity contribution >= 4 is 0 Å². The molecule has 4 nitrogen and oxygen atoms in total. The summed E-state index contributed by atoms with van der Waals surface area (Å²) in [5.74, 6) is 2.66. The maximum absolute atomic E-state index is 5.65. The maximum Gasteiger partial charge on any atom is 0.137 e. The van der Waals surface area contributed by atoms with Crippen molar-refractivity contribution in [3.8, 4) is 5.75 Å². The number of furan rings is 1. The maximum atomic E-state index is 5.65. The van der Waals surface area contributed by atoms with E-state index in [-0.39, 0.29) is 6.04 Å². The van der Waals surface area contributed by atoms with Crippen LogP contribution in [0.1, 0.15) is 42.0 Å². The zero-order valence-corrected chi connectivity index (χ0v) is 12.6. The van der Waals surface area contributed by atoms with E-state index in [1.807, 2.05) is 33.2 Å². The average molecular weight is 274 g/mol. The van der Waals surface area contributed by atoms with Gasteiger partial charge in [0.2, 0.25) is 0 Å². The smallest absolute Gasteiger partial charge is 0.137 e. The van der Waals surface area contributed by atoms with Gasteiger partial charge in [0, 0.05) is 11.8 Å². The van der Waals surface area contributed by atoms with Gasteiger partial charge in [-0.25, -0.2) is 0 Å². The lowest BCUT2D eigenvalue weighted by Crippen LogP contribution is -2.18. The van der Waals surface area contributed by atoms with E-state index in [1.54, 1.807) is 6.20 Å². The highest BCUT2D eigenvalue weighted by Crippen LogP contribution is 2.28. The van der Waals surface area contributed by atoms with Gasteiger partial charge in [-0.3, -0.25) is 4.98 Å². The number of nitrogens with one attached hydrogen (secondary N) is 1. The highest BCUT2D eigenvalue weighted by molar-refractivity contribution is 5.36. The van der Waals surface area contributed by atoms with Crippen molar-refractivity contribution < 1.29 is 9.15 Å². The average Bonchev–Trinajstić information content (AvgIpc) is 2.77. The van der Waals surface area contributed by atoms with Gasteiger partial charge in [-0.1, -0.05) is 6.92 Å². The monoisotopic (exact) mass is 274 g/mol. The van der Waals surface area contributed by atoms with E-state index in [9.17, 15) is 0 Å². The molecule has 1 unspecified atom stereocenters. The standard InChI is InChI=1S/C16H22N2O2/c1-5-6-19-14-8-13(9-18-10-14)16(17-4)15-7-11(2)20-12(15)3/h7-10,16-17H,5-6H2,1-4H3. The topological polar surface area (TPSA) is 47.3 Å². The third-order valence-corrected chi connectivity index (χ3v) is 3.22. The van der Waals surface area contributed by atoms with Crippen molar-refractivity contribution in [1.82, 2.24) is 10.3 Å². The zero-order valence-electron chi connectivity index (χ0n) is 12.6. The number of nitrogens with zero attached hydrogens (tertiary/aromatic N) is 1. The van der Waals surface area contributed by atoms with Crippen LogP contribution < -0.4 is 10.1 Å². The second kappa shape index (κ2) is 6.57. The van der Waals surface area contributed by atoms with Crippen LogP contribution in [-0.4, -0.2) is 18.6 Å². The van der Waals surface area contributed by atoms with Crippen LogP contribution in [0, 0.1) is 13.8 Å². The Hall–Kier alpha value is -1.81. The SMILES string of the molecule is CCCOc1cncc(C(NC)c2cc(C)oc2C)c1. The van der Waals surface area contributed by atoms with Crippen LogP contribution in [0.3, 0.4) is 0 Å². The molecule has 0 aliphatic carbocycles. The molecule has 108 valence electrons. The first-order valence-corrected chi connectivity index (χ1v) is 6.97. The molecule has 20 heavy (non-hydrogen) atoms. The summed E-state index contributed by atoms with van der Waals surface area (Å²) < 4.78 is 11.3. The molecule has 1 atom stereocenters. The van der Waals surface area contributed by atoms with Gasteiger partial charge < -0.3 is 14.5 Å². The van der Waals surface area contributed by atoms with Crippen molar-refractivity contribution in [3.05, 3.63) is 47.2 Å². The molecule has 0 bridgehead atoms. The van der Waals surface area contributed by atoms with Crippen LogP contribution >= 0.6 is 0 Å². The summed E-state index contributed by atoms with van der Waals surface area (Å²) in [6, 6.07) is 4.16. The molecule has 4 heteroatoms. The lowest BCUT2D eigenvalue weighted by atomic mass is 10.0. The first-order valence-electron chi connectivity index (χ1n) is 6.97. The van der Waals surface area contributed by atoms with Gasteiger partial charge in [-0.15, -0.1) is 0 Å². The van der Waals surface area contributed by atoms with Crippen LogP contribution in [0.4, 0.5) is 0 Å². The van der Waals surface area contributed by atoms with E-state index in [0.717, 1.165) is 34.8 Å². The van der Waals surface area contributed by atoms with Gasteiger partial charge in [-0.2, -0.15) is 0 Å². The highest BCUT2D eigenvalue weighted by Gasteiger charge is 2.18. The Morgan fingerprint density at radius 2 is 2.10 bits per heavy atom. The first-order chi connectivity index (χ1) is 9.65. The van der Waals surface area contributed by atoms with Crippen molar-refractivity contribution in [2.24, 2.45) is 0 Å². The molecule has 0 fully saturated rings. The molecule has 2 rings (SSSR count). The number of pyridine rings is 1. The van der Waals surface area contributed by atoms with Gasteiger partial charge >= 0.3 is 0 Å². The van der Waals surface area contributed by atoms with E-state index in [1.165, 1.54) is 0 Å². The van der Waals surface area contributed by atoms with Crippen LogP contribution in [0.25, 0.3) is 0 Å². The number of rotatable bonds is 6. The summed E-state index contributed by atoms with van der Waals surface area (Å²) >= 11 is 0. The molecule has 0 aliphatic rings. The summed E-state index contributed by atoms with van der Waals surface area (Å²) in [7, 11) is 1.94. The highest BCUT2D eigenvalue weighted by atomic mass is 16.5. The second-order valence-electron chi connectivity index (χ2n) is 4.89. The Labute approximate surface area is 120 Å². The predicted octanol–water partition coefficient (Wildman–Crippen LogP) is 3.39. The van der Waals surface area contributed by atoms with E-state index in [2.05, 4.69) is 23.3 Å². The molecule has 0 saturated carbocycles. The summed E-state index contributed by atoms with van der Waals surface area (Å²) in [6.07, 6.45) is 4.60. The summed E-state index contributed by atoms with van der Waals surface area (Å²) in [6.45, 7) is 6.74. The van der Waals surface area contributed by atoms with E-state index in [4.69, 9.17) is 9.15 Å².